The van der Waals surface area contributed by atoms with Crippen molar-refractivity contribution in [2.75, 3.05) is 11.9 Å². The fourth-order valence-corrected chi connectivity index (χ4v) is 3.44. The number of nitrogens with one attached hydrogen (secondary N) is 2. The maximum atomic E-state index is 12.2. The third kappa shape index (κ3) is 6.06. The normalized spacial score (nSPS) is 10.9. The van der Waals surface area contributed by atoms with Crippen molar-refractivity contribution < 1.29 is 18.9 Å². The second-order valence-corrected chi connectivity index (χ2v) is 7.70. The molecule has 0 aliphatic heterocycles. The van der Waals surface area contributed by atoms with Gasteiger partial charge in [0.1, 0.15) is 11.3 Å². The molecule has 0 radical (unpaired) electrons. The highest BCUT2D eigenvalue weighted by Crippen LogP contribution is 2.27. The van der Waals surface area contributed by atoms with Crippen LogP contribution in [0, 0.1) is 10.1 Å². The Labute approximate surface area is 205 Å². The molecule has 176 valence electrons. The van der Waals surface area contributed by atoms with Crippen LogP contribution in [0.5, 0.6) is 5.75 Å². The number of hydrogen-bond acceptors (Lipinski definition) is 7. The molecule has 0 spiro atoms. The number of ether oxygens (including phenoxy) is 1. The first-order valence-electron chi connectivity index (χ1n) is 10.6. The van der Waals surface area contributed by atoms with E-state index < -0.39 is 10.8 Å². The lowest BCUT2D eigenvalue weighted by Crippen LogP contribution is -2.32. The highest BCUT2D eigenvalue weighted by molar-refractivity contribution is 7.80. The molecule has 0 aliphatic rings. The van der Waals surface area contributed by atoms with E-state index in [9.17, 15) is 14.9 Å². The summed E-state index contributed by atoms with van der Waals surface area (Å²) in [6, 6.07) is 18.7. The zero-order valence-corrected chi connectivity index (χ0v) is 19.4. The number of rotatable bonds is 7. The van der Waals surface area contributed by atoms with Crippen molar-refractivity contribution >= 4 is 51.8 Å². The summed E-state index contributed by atoms with van der Waals surface area (Å²) in [6.07, 6.45) is 2.71. The van der Waals surface area contributed by atoms with E-state index >= 15 is 0 Å². The number of nitro benzene ring substituents is 1. The van der Waals surface area contributed by atoms with E-state index in [2.05, 4.69) is 15.6 Å². The number of benzene rings is 3. The Hall–Kier alpha value is -4.57. The van der Waals surface area contributed by atoms with Gasteiger partial charge < -0.3 is 14.5 Å². The zero-order chi connectivity index (χ0) is 24.8. The summed E-state index contributed by atoms with van der Waals surface area (Å²) in [5.74, 6) is 0.769. The predicted octanol–water partition coefficient (Wildman–Crippen LogP) is 5.33. The second kappa shape index (κ2) is 10.6. The summed E-state index contributed by atoms with van der Waals surface area (Å²) in [7, 11) is 0. The number of thiocarbonyl (C=S) groups is 1. The molecule has 4 aromatic rings. The first kappa shape index (κ1) is 23.6. The minimum atomic E-state index is -0.497. The van der Waals surface area contributed by atoms with E-state index in [0.29, 0.717) is 34.8 Å². The average molecular weight is 489 g/mol. The summed E-state index contributed by atoms with van der Waals surface area (Å²) in [6.45, 7) is 2.52. The number of non-ortho nitro benzene ring substituents is 1. The molecule has 3 aromatic carbocycles. The summed E-state index contributed by atoms with van der Waals surface area (Å²) in [5, 5.41) is 16.4. The lowest BCUT2D eigenvalue weighted by molar-refractivity contribution is -0.384. The molecule has 9 nitrogen and oxygen atoms in total. The van der Waals surface area contributed by atoms with Crippen molar-refractivity contribution in [1.29, 1.82) is 0 Å². The third-order valence-electron chi connectivity index (χ3n) is 4.80. The van der Waals surface area contributed by atoms with Crippen LogP contribution in [0.3, 0.4) is 0 Å². The molecule has 0 atom stereocenters. The number of hydrogen-bond donors (Lipinski definition) is 2. The minimum absolute atomic E-state index is 0.0568. The highest BCUT2D eigenvalue weighted by Gasteiger charge is 2.10. The van der Waals surface area contributed by atoms with Gasteiger partial charge in [0.15, 0.2) is 10.7 Å². The van der Waals surface area contributed by atoms with Crippen molar-refractivity contribution in [3.05, 3.63) is 88.5 Å². The zero-order valence-electron chi connectivity index (χ0n) is 18.6. The molecule has 0 saturated heterocycles. The van der Waals surface area contributed by atoms with E-state index in [0.717, 1.165) is 11.3 Å². The maximum Gasteiger partial charge on any atom is 0.270 e. The van der Waals surface area contributed by atoms with Crippen LogP contribution in [0.25, 0.3) is 28.6 Å². The van der Waals surface area contributed by atoms with Crippen molar-refractivity contribution in [3.8, 4) is 17.2 Å². The predicted molar refractivity (Wildman–Crippen MR) is 137 cm³/mol. The summed E-state index contributed by atoms with van der Waals surface area (Å²) in [5.41, 5.74) is 3.13. The molecule has 4 rings (SSSR count). The smallest absolute Gasteiger partial charge is 0.270 e. The summed E-state index contributed by atoms with van der Waals surface area (Å²) in [4.78, 5) is 27.1. The summed E-state index contributed by atoms with van der Waals surface area (Å²) >= 11 is 5.21. The molecule has 0 aliphatic carbocycles. The van der Waals surface area contributed by atoms with Gasteiger partial charge in [0.25, 0.3) is 5.69 Å². The van der Waals surface area contributed by atoms with Crippen LogP contribution in [-0.2, 0) is 4.79 Å². The van der Waals surface area contributed by atoms with Gasteiger partial charge in [-0.05, 0) is 73.2 Å². The van der Waals surface area contributed by atoms with Crippen LogP contribution in [0.4, 0.5) is 11.4 Å². The largest absolute Gasteiger partial charge is 0.494 e. The number of anilines is 1. The van der Waals surface area contributed by atoms with Crippen LogP contribution in [0.2, 0.25) is 0 Å². The molecule has 0 fully saturated rings. The number of nitrogens with zero attached hydrogens (tertiary/aromatic N) is 2. The number of fused-ring (bicyclic) bond motifs is 1. The van der Waals surface area contributed by atoms with E-state index in [1.165, 1.54) is 24.3 Å². The lowest BCUT2D eigenvalue weighted by atomic mass is 10.2. The quantitative estimate of drug-likeness (QED) is 0.155. The Morgan fingerprint density at radius 3 is 2.71 bits per heavy atom. The van der Waals surface area contributed by atoms with Gasteiger partial charge in [-0.2, -0.15) is 0 Å². The second-order valence-electron chi connectivity index (χ2n) is 7.29. The molecule has 0 saturated carbocycles. The molecule has 0 unspecified atom stereocenters. The lowest BCUT2D eigenvalue weighted by Gasteiger charge is -2.07. The molecule has 1 aromatic heterocycles. The van der Waals surface area contributed by atoms with Gasteiger partial charge in [0.05, 0.1) is 11.5 Å². The van der Waals surface area contributed by atoms with E-state index in [1.54, 1.807) is 30.3 Å². The average Bonchev–Trinajstić information content (AvgIpc) is 3.27. The number of oxazole rings is 1. The fraction of sp³-hybridized carbons (Fsp3) is 0.0800. The molecule has 1 amide bonds. The molecule has 0 bridgehead atoms. The minimum Gasteiger partial charge on any atom is -0.494 e. The number of nitro groups is 1. The molecule has 2 N–H and O–H groups in total. The topological polar surface area (TPSA) is 120 Å². The molecule has 1 heterocycles. The van der Waals surface area contributed by atoms with Crippen LogP contribution in [0.1, 0.15) is 12.5 Å². The van der Waals surface area contributed by atoms with Gasteiger partial charge in [0, 0.05) is 29.5 Å². The van der Waals surface area contributed by atoms with Crippen LogP contribution in [0.15, 0.2) is 77.2 Å². The van der Waals surface area contributed by atoms with Crippen molar-refractivity contribution in [2.24, 2.45) is 0 Å². The van der Waals surface area contributed by atoms with Crippen molar-refractivity contribution in [1.82, 2.24) is 10.3 Å². The number of aromatic nitrogens is 1. The molecule has 35 heavy (non-hydrogen) atoms. The SMILES string of the molecule is CCOc1ccc(-c2nc3cc(NC(=S)NC(=O)/C=C/c4cccc([N+](=O)[O-])c4)ccc3o2)cc1. The summed E-state index contributed by atoms with van der Waals surface area (Å²) < 4.78 is 11.3. The van der Waals surface area contributed by atoms with Crippen LogP contribution < -0.4 is 15.4 Å². The molecular formula is C25H20N4O5S. The Kier molecular flexibility index (Phi) is 7.12. The third-order valence-corrected chi connectivity index (χ3v) is 5.01. The van der Waals surface area contributed by atoms with Gasteiger partial charge in [-0.1, -0.05) is 12.1 Å². The fourth-order valence-electron chi connectivity index (χ4n) is 3.22. The van der Waals surface area contributed by atoms with E-state index in [1.807, 2.05) is 31.2 Å². The Bertz CT molecular complexity index is 1430. The highest BCUT2D eigenvalue weighted by atomic mass is 32.1. The van der Waals surface area contributed by atoms with Crippen molar-refractivity contribution in [3.63, 3.8) is 0 Å². The molecular weight excluding hydrogens is 468 g/mol. The monoisotopic (exact) mass is 488 g/mol. The number of carbonyl (C=O) groups is 1. The first-order valence-corrected chi connectivity index (χ1v) is 11.0. The van der Waals surface area contributed by atoms with E-state index in [-0.39, 0.29) is 10.8 Å². The van der Waals surface area contributed by atoms with E-state index in [4.69, 9.17) is 21.4 Å². The first-order chi connectivity index (χ1) is 16.9. The number of carbonyl (C=O) groups excluding carboxylic acids is 1. The van der Waals surface area contributed by atoms with Gasteiger partial charge >= 0.3 is 0 Å². The van der Waals surface area contributed by atoms with Gasteiger partial charge in [-0.25, -0.2) is 4.98 Å². The Morgan fingerprint density at radius 1 is 1.17 bits per heavy atom. The van der Waals surface area contributed by atoms with Gasteiger partial charge in [0.2, 0.25) is 11.8 Å². The number of amides is 1. The Balaban J connectivity index is 1.39. The van der Waals surface area contributed by atoms with Crippen molar-refractivity contribution in [2.45, 2.75) is 6.92 Å². The van der Waals surface area contributed by atoms with Crippen LogP contribution in [-0.4, -0.2) is 27.5 Å². The standard InChI is InChI=1S/C25H20N4O5S/c1-2-33-20-10-7-17(8-11-20)24-27-21-15-18(9-12-22(21)34-24)26-25(35)28-23(30)13-6-16-4-3-5-19(14-16)29(31)32/h3-15H,2H2,1H3,(H2,26,28,30,35)/b13-6+. The van der Waals surface area contributed by atoms with Gasteiger partial charge in [-0.15, -0.1) is 0 Å². The van der Waals surface area contributed by atoms with Gasteiger partial charge in [-0.3, -0.25) is 20.2 Å². The van der Waals surface area contributed by atoms with Crippen LogP contribution >= 0.6 is 12.2 Å². The maximum absolute atomic E-state index is 12.2. The Morgan fingerprint density at radius 2 is 1.97 bits per heavy atom. The molecule has 10 heteroatoms.